The zero-order valence-corrected chi connectivity index (χ0v) is 22.7. The van der Waals surface area contributed by atoms with Gasteiger partial charge in [0.25, 0.3) is 11.5 Å². The van der Waals surface area contributed by atoms with Crippen LogP contribution in [0.3, 0.4) is 0 Å². The molecule has 10 nitrogen and oxygen atoms in total. The van der Waals surface area contributed by atoms with E-state index in [2.05, 4.69) is 47.5 Å². The molecule has 13 heteroatoms. The lowest BCUT2D eigenvalue weighted by molar-refractivity contribution is -0.144. The van der Waals surface area contributed by atoms with Crippen LogP contribution in [0.15, 0.2) is 25.9 Å². The molecule has 5 rings (SSSR count). The van der Waals surface area contributed by atoms with Gasteiger partial charge in [0.15, 0.2) is 5.69 Å². The van der Waals surface area contributed by atoms with Crippen LogP contribution in [0.1, 0.15) is 47.1 Å². The smallest absolute Gasteiger partial charge is 0.311 e. The number of hydrogen-bond acceptors (Lipinski definition) is 6. The highest BCUT2D eigenvalue weighted by Crippen LogP contribution is 2.40. The number of halogens is 3. The third-order valence-corrected chi connectivity index (χ3v) is 7.91. The van der Waals surface area contributed by atoms with Crippen LogP contribution in [-0.4, -0.2) is 57.4 Å². The first kappa shape index (κ1) is 26.3. The lowest BCUT2D eigenvalue weighted by Crippen LogP contribution is -2.48. The van der Waals surface area contributed by atoms with Gasteiger partial charge in [0.2, 0.25) is 5.75 Å². The molecule has 0 radical (unpaired) electrons. The number of carbonyl (C=O) groups is 3. The number of carbonyl (C=O) groups excluding carboxylic acids is 3. The third-order valence-electron chi connectivity index (χ3n) is 6.57. The van der Waals surface area contributed by atoms with E-state index in [0.29, 0.717) is 22.9 Å². The number of hydrogen-bond donors (Lipinski definition) is 3. The van der Waals surface area contributed by atoms with Crippen LogP contribution in [-0.2, 0) is 22.7 Å². The molecule has 1 saturated carbocycles. The van der Waals surface area contributed by atoms with Gasteiger partial charge in [-0.1, -0.05) is 15.9 Å². The van der Waals surface area contributed by atoms with Crippen LogP contribution < -0.4 is 16.2 Å². The number of benzene rings is 1. The third kappa shape index (κ3) is 5.03. The minimum Gasteiger partial charge on any atom is -0.501 e. The molecular weight excluding hydrogens is 605 g/mol. The zero-order chi connectivity index (χ0) is 26.3. The molecule has 192 valence electrons. The van der Waals surface area contributed by atoms with Gasteiger partial charge in [0.05, 0.1) is 4.47 Å². The minimum absolute atomic E-state index is 0.0192. The van der Waals surface area contributed by atoms with Crippen LogP contribution >= 0.6 is 31.9 Å². The van der Waals surface area contributed by atoms with Crippen molar-refractivity contribution in [1.29, 1.82) is 0 Å². The molecule has 3 unspecified atom stereocenters. The Morgan fingerprint density at radius 3 is 2.64 bits per heavy atom. The van der Waals surface area contributed by atoms with Gasteiger partial charge in [0.1, 0.15) is 11.6 Å². The zero-order valence-electron chi connectivity index (χ0n) is 19.5. The predicted octanol–water partition coefficient (Wildman–Crippen LogP) is 2.01. The summed E-state index contributed by atoms with van der Waals surface area (Å²) < 4.78 is 15.7. The Hall–Kier alpha value is -2.80. The topological polar surface area (TPSA) is 134 Å². The van der Waals surface area contributed by atoms with Crippen molar-refractivity contribution in [2.24, 2.45) is 5.92 Å². The fourth-order valence-electron chi connectivity index (χ4n) is 4.72. The number of aromatic nitrogens is 2. The van der Waals surface area contributed by atoms with Crippen molar-refractivity contribution in [1.82, 2.24) is 25.1 Å². The Kier molecular flexibility index (Phi) is 7.51. The van der Waals surface area contributed by atoms with Crippen LogP contribution in [0, 0.1) is 11.7 Å². The van der Waals surface area contributed by atoms with Crippen molar-refractivity contribution in [3.05, 3.63) is 54.3 Å². The standard InChI is InChI=1S/C23H24Br2FN5O5/c1-30(2)23(36)21(34)28-16-5-10-3-4-12(16)19-29-17(18(32)22(35)31(19)9-10)20(33)27-8-11-6-14(25)15(26)7-13(11)24/h6-7,10,12,16,32H,3-5,8-9H2,1-2H3,(H,27,33)(H,28,34). The summed E-state index contributed by atoms with van der Waals surface area (Å²) in [6.45, 7) is 0.270. The monoisotopic (exact) mass is 627 g/mol. The average Bonchev–Trinajstić information content (AvgIpc) is 3.09. The largest absolute Gasteiger partial charge is 0.501 e. The Bertz CT molecular complexity index is 1310. The average molecular weight is 629 g/mol. The van der Waals surface area contributed by atoms with E-state index in [1.54, 1.807) is 0 Å². The second-order valence-electron chi connectivity index (χ2n) is 9.19. The summed E-state index contributed by atoms with van der Waals surface area (Å²) in [5, 5.41) is 15.9. The van der Waals surface area contributed by atoms with Gasteiger partial charge >= 0.3 is 11.8 Å². The lowest BCUT2D eigenvalue weighted by atomic mass is 9.79. The van der Waals surface area contributed by atoms with E-state index in [4.69, 9.17) is 0 Å². The molecule has 3 heterocycles. The van der Waals surface area contributed by atoms with E-state index in [0.717, 1.165) is 6.42 Å². The number of nitrogens with zero attached hydrogens (tertiary/aromatic N) is 3. The Labute approximate surface area is 222 Å². The summed E-state index contributed by atoms with van der Waals surface area (Å²) in [6.07, 6.45) is 1.91. The molecule has 1 aromatic carbocycles. The maximum Gasteiger partial charge on any atom is 0.311 e. The first-order chi connectivity index (χ1) is 17.0. The first-order valence-corrected chi connectivity index (χ1v) is 12.8. The van der Waals surface area contributed by atoms with Crippen LogP contribution in [0.25, 0.3) is 0 Å². The highest BCUT2D eigenvalue weighted by Gasteiger charge is 2.41. The number of nitrogens with one attached hydrogen (secondary N) is 2. The van der Waals surface area contributed by atoms with Gasteiger partial charge in [-0.2, -0.15) is 0 Å². The molecule has 1 fully saturated rings. The van der Waals surface area contributed by atoms with Crippen LogP contribution in [0.5, 0.6) is 5.75 Å². The Morgan fingerprint density at radius 1 is 1.22 bits per heavy atom. The minimum atomic E-state index is -0.775. The van der Waals surface area contributed by atoms with Crippen molar-refractivity contribution in [3.63, 3.8) is 0 Å². The molecular formula is C23H24Br2FN5O5. The number of aromatic hydroxyl groups is 1. The Balaban J connectivity index is 1.62. The molecule has 3 atom stereocenters. The highest BCUT2D eigenvalue weighted by atomic mass is 79.9. The van der Waals surface area contributed by atoms with E-state index < -0.39 is 52.5 Å². The normalized spacial score (nSPS) is 20.3. The lowest BCUT2D eigenvalue weighted by Gasteiger charge is -2.32. The fraction of sp³-hybridized carbons (Fsp3) is 0.435. The molecule has 3 amide bonds. The van der Waals surface area contributed by atoms with Crippen molar-refractivity contribution in [2.75, 3.05) is 14.1 Å². The van der Waals surface area contributed by atoms with E-state index >= 15 is 0 Å². The van der Waals surface area contributed by atoms with Gasteiger partial charge in [-0.15, -0.1) is 0 Å². The Morgan fingerprint density at radius 2 is 1.94 bits per heavy atom. The quantitative estimate of drug-likeness (QED) is 0.350. The molecule has 1 aromatic heterocycles. The summed E-state index contributed by atoms with van der Waals surface area (Å²) in [5.74, 6) is -3.54. The number of amides is 3. The molecule has 36 heavy (non-hydrogen) atoms. The summed E-state index contributed by atoms with van der Waals surface area (Å²) in [4.78, 5) is 56.1. The number of likely N-dealkylation sites (N-methyl/N-ethyl adjacent to an activating group) is 1. The van der Waals surface area contributed by atoms with Gasteiger partial charge < -0.3 is 20.6 Å². The second kappa shape index (κ2) is 10.3. The van der Waals surface area contributed by atoms with E-state index in [1.165, 1.54) is 35.7 Å². The number of fused-ring (bicyclic) bond motifs is 2. The maximum atomic E-state index is 13.7. The summed E-state index contributed by atoms with van der Waals surface area (Å²) in [7, 11) is 2.96. The molecule has 3 N–H and O–H groups in total. The van der Waals surface area contributed by atoms with Crippen molar-refractivity contribution in [3.8, 4) is 5.75 Å². The second-order valence-corrected chi connectivity index (χ2v) is 10.9. The van der Waals surface area contributed by atoms with Crippen LogP contribution in [0.2, 0.25) is 0 Å². The van der Waals surface area contributed by atoms with Gasteiger partial charge in [-0.25, -0.2) is 9.37 Å². The van der Waals surface area contributed by atoms with E-state index in [9.17, 15) is 28.7 Å². The molecule has 1 aliphatic carbocycles. The molecule has 2 bridgehead atoms. The van der Waals surface area contributed by atoms with E-state index in [-0.39, 0.29) is 29.3 Å². The van der Waals surface area contributed by atoms with Crippen molar-refractivity contribution >= 4 is 49.6 Å². The van der Waals surface area contributed by atoms with Crippen LogP contribution in [0.4, 0.5) is 4.39 Å². The fourth-order valence-corrected chi connectivity index (χ4v) is 5.57. The molecule has 3 aliphatic rings. The van der Waals surface area contributed by atoms with Gasteiger partial charge in [0, 0.05) is 43.6 Å². The van der Waals surface area contributed by atoms with E-state index in [1.807, 2.05) is 0 Å². The molecule has 0 spiro atoms. The summed E-state index contributed by atoms with van der Waals surface area (Å²) in [6, 6.07) is 2.30. The molecule has 2 aliphatic heterocycles. The predicted molar refractivity (Wildman–Crippen MR) is 134 cm³/mol. The molecule has 2 aromatic rings. The summed E-state index contributed by atoms with van der Waals surface area (Å²) >= 11 is 6.35. The van der Waals surface area contributed by atoms with Crippen molar-refractivity contribution in [2.45, 2.75) is 44.3 Å². The molecule has 0 saturated heterocycles. The SMILES string of the molecule is CN(C)C(=O)C(=O)NC1CC2CCC1c1nc(C(=O)NCc3cc(Br)c(F)cc3Br)c(O)c(=O)n1C2. The number of rotatable bonds is 4. The first-order valence-electron chi connectivity index (χ1n) is 11.2. The van der Waals surface area contributed by atoms with Gasteiger partial charge in [-0.3, -0.25) is 23.7 Å². The van der Waals surface area contributed by atoms with Crippen molar-refractivity contribution < 1.29 is 23.9 Å². The maximum absolute atomic E-state index is 13.7. The van der Waals surface area contributed by atoms with Gasteiger partial charge in [-0.05, 0) is 58.8 Å². The highest BCUT2D eigenvalue weighted by molar-refractivity contribution is 9.11. The summed E-state index contributed by atoms with van der Waals surface area (Å²) in [5.41, 5.74) is -0.595.